The number of hydrogen-bond acceptors (Lipinski definition) is 3. The van der Waals surface area contributed by atoms with Crippen LogP contribution in [-0.2, 0) is 14.0 Å². The minimum atomic E-state index is -1.78. The van der Waals surface area contributed by atoms with E-state index in [0.717, 1.165) is 0 Å². The van der Waals surface area contributed by atoms with Crippen molar-refractivity contribution in [2.24, 2.45) is 5.41 Å². The second-order valence-corrected chi connectivity index (χ2v) is 12.0. The van der Waals surface area contributed by atoms with Gasteiger partial charge in [0.25, 0.3) is 0 Å². The Hall–Kier alpha value is -0.613. The summed E-state index contributed by atoms with van der Waals surface area (Å²) >= 11 is 0. The zero-order valence-corrected chi connectivity index (χ0v) is 15.7. The van der Waals surface area contributed by atoms with Gasteiger partial charge in [-0.05, 0) is 38.4 Å². The molecule has 4 heteroatoms. The number of ether oxygens (including phenoxy) is 1. The summed E-state index contributed by atoms with van der Waals surface area (Å²) in [6, 6.07) is 0. The highest BCUT2D eigenvalue weighted by Gasteiger charge is 2.38. The van der Waals surface area contributed by atoms with Gasteiger partial charge in [-0.3, -0.25) is 4.79 Å². The van der Waals surface area contributed by atoms with Gasteiger partial charge in [0.15, 0.2) is 8.32 Å². The fourth-order valence-electron chi connectivity index (χ4n) is 1.59. The molecule has 0 N–H and O–H groups in total. The van der Waals surface area contributed by atoms with Crippen molar-refractivity contribution in [3.63, 3.8) is 0 Å². The third-order valence-electron chi connectivity index (χ3n) is 4.41. The third kappa shape index (κ3) is 5.06. The fourth-order valence-corrected chi connectivity index (χ4v) is 2.95. The van der Waals surface area contributed by atoms with Crippen LogP contribution >= 0.6 is 0 Å². The van der Waals surface area contributed by atoms with E-state index >= 15 is 0 Å². The molecule has 0 aromatic carbocycles. The Labute approximate surface area is 125 Å². The molecule has 20 heavy (non-hydrogen) atoms. The van der Waals surface area contributed by atoms with Crippen LogP contribution in [0.25, 0.3) is 0 Å². The highest BCUT2D eigenvalue weighted by molar-refractivity contribution is 6.74. The van der Waals surface area contributed by atoms with Crippen molar-refractivity contribution in [3.8, 4) is 0 Å². The van der Waals surface area contributed by atoms with E-state index in [1.807, 2.05) is 32.9 Å². The van der Waals surface area contributed by atoms with Gasteiger partial charge in [0.05, 0.1) is 18.6 Å². The summed E-state index contributed by atoms with van der Waals surface area (Å²) in [6.07, 6.45) is 4.63. The minimum Gasteiger partial charge on any atom is -0.468 e. The Morgan fingerprint density at radius 1 is 1.25 bits per heavy atom. The van der Waals surface area contributed by atoms with Crippen molar-refractivity contribution >= 4 is 14.3 Å². The van der Waals surface area contributed by atoms with Crippen molar-refractivity contribution in [1.82, 2.24) is 0 Å². The molecule has 0 radical (unpaired) electrons. The molecule has 0 heterocycles. The summed E-state index contributed by atoms with van der Waals surface area (Å²) in [6.45, 7) is 17.0. The van der Waals surface area contributed by atoms with Gasteiger partial charge >= 0.3 is 5.97 Å². The zero-order valence-electron chi connectivity index (χ0n) is 14.7. The second-order valence-electron chi connectivity index (χ2n) is 7.20. The van der Waals surface area contributed by atoms with Crippen LogP contribution in [0, 0.1) is 5.41 Å². The van der Waals surface area contributed by atoms with Crippen LogP contribution in [0.15, 0.2) is 12.2 Å². The Morgan fingerprint density at radius 3 is 2.10 bits per heavy atom. The van der Waals surface area contributed by atoms with Crippen LogP contribution in [0.5, 0.6) is 0 Å². The summed E-state index contributed by atoms with van der Waals surface area (Å²) in [5.74, 6) is -0.198. The molecule has 118 valence electrons. The Bertz CT molecular complexity index is 355. The molecule has 0 aromatic rings. The first-order valence-corrected chi connectivity index (χ1v) is 10.3. The molecule has 0 bridgehead atoms. The van der Waals surface area contributed by atoms with Gasteiger partial charge in [-0.15, -0.1) is 0 Å². The van der Waals surface area contributed by atoms with E-state index in [4.69, 9.17) is 9.16 Å². The summed E-state index contributed by atoms with van der Waals surface area (Å²) in [5.41, 5.74) is -0.570. The number of esters is 1. The maximum absolute atomic E-state index is 11.8. The van der Waals surface area contributed by atoms with E-state index in [2.05, 4.69) is 33.9 Å². The van der Waals surface area contributed by atoms with Gasteiger partial charge in [0.2, 0.25) is 0 Å². The number of carbonyl (C=O) groups is 1. The fraction of sp³-hybridized carbons (Fsp3) is 0.812. The van der Waals surface area contributed by atoms with Gasteiger partial charge in [-0.2, -0.15) is 0 Å². The van der Waals surface area contributed by atoms with Gasteiger partial charge in [0, 0.05) is 0 Å². The van der Waals surface area contributed by atoms with Crippen LogP contribution < -0.4 is 0 Å². The molecule has 0 fully saturated rings. The first-order chi connectivity index (χ1) is 8.89. The molecule has 0 amide bonds. The van der Waals surface area contributed by atoms with Crippen molar-refractivity contribution < 1.29 is 14.0 Å². The van der Waals surface area contributed by atoms with Gasteiger partial charge in [-0.1, -0.05) is 39.8 Å². The van der Waals surface area contributed by atoms with Crippen molar-refractivity contribution in [1.29, 1.82) is 0 Å². The smallest absolute Gasteiger partial charge is 0.315 e. The van der Waals surface area contributed by atoms with Crippen molar-refractivity contribution in [3.05, 3.63) is 12.2 Å². The molecule has 2 unspecified atom stereocenters. The molecular formula is C16H32O3Si. The molecular weight excluding hydrogens is 268 g/mol. The van der Waals surface area contributed by atoms with E-state index < -0.39 is 13.7 Å². The maximum Gasteiger partial charge on any atom is 0.315 e. The summed E-state index contributed by atoms with van der Waals surface area (Å²) in [5, 5.41) is 0.186. The topological polar surface area (TPSA) is 35.5 Å². The third-order valence-corrected chi connectivity index (χ3v) is 8.98. The highest BCUT2D eigenvalue weighted by Crippen LogP contribution is 2.37. The highest BCUT2D eigenvalue weighted by atomic mass is 28.4. The van der Waals surface area contributed by atoms with E-state index in [0.29, 0.717) is 6.42 Å². The minimum absolute atomic E-state index is 0.00595. The number of rotatable bonds is 6. The van der Waals surface area contributed by atoms with Crippen LogP contribution in [0.3, 0.4) is 0 Å². The average Bonchev–Trinajstić information content (AvgIpc) is 2.33. The average molecular weight is 301 g/mol. The predicted octanol–water partition coefficient (Wildman–Crippen LogP) is 4.54. The molecule has 0 saturated heterocycles. The molecule has 3 nitrogen and oxygen atoms in total. The van der Waals surface area contributed by atoms with E-state index in [1.165, 1.54) is 7.11 Å². The Morgan fingerprint density at radius 2 is 1.75 bits per heavy atom. The van der Waals surface area contributed by atoms with Crippen LogP contribution in [0.1, 0.15) is 48.0 Å². The van der Waals surface area contributed by atoms with Crippen LogP contribution in [0.4, 0.5) is 0 Å². The summed E-state index contributed by atoms with van der Waals surface area (Å²) in [4.78, 5) is 11.8. The van der Waals surface area contributed by atoms with E-state index in [-0.39, 0.29) is 17.1 Å². The molecule has 0 saturated carbocycles. The summed E-state index contributed by atoms with van der Waals surface area (Å²) in [7, 11) is -0.347. The number of carbonyl (C=O) groups excluding carboxylic acids is 1. The molecule has 0 spiro atoms. The molecule has 0 rings (SSSR count). The lowest BCUT2D eigenvalue weighted by Crippen LogP contribution is -2.43. The molecule has 0 aliphatic rings. The first-order valence-electron chi connectivity index (χ1n) is 7.35. The van der Waals surface area contributed by atoms with Crippen molar-refractivity contribution in [2.75, 3.05) is 7.11 Å². The van der Waals surface area contributed by atoms with Crippen LogP contribution in [0.2, 0.25) is 18.1 Å². The normalized spacial score (nSPS) is 17.9. The van der Waals surface area contributed by atoms with Gasteiger partial charge in [0.1, 0.15) is 0 Å². The molecule has 0 aliphatic carbocycles. The molecule has 0 aliphatic heterocycles. The SMILES string of the molecule is CCC(C)(/C=C/C(C)O[Si](C)(C)C(C)(C)C)C(=O)OC. The van der Waals surface area contributed by atoms with Gasteiger partial charge < -0.3 is 9.16 Å². The molecule has 0 aromatic heterocycles. The predicted molar refractivity (Wildman–Crippen MR) is 87.3 cm³/mol. The standard InChI is InChI=1S/C16H32O3Si/c1-10-16(6,14(17)18-7)12-11-13(2)19-20(8,9)15(3,4)5/h11-13H,10H2,1-9H3/b12-11+. The molecule has 2 atom stereocenters. The lowest BCUT2D eigenvalue weighted by atomic mass is 9.87. The van der Waals surface area contributed by atoms with Gasteiger partial charge in [-0.25, -0.2) is 0 Å². The Kier molecular flexibility index (Phi) is 6.69. The number of methoxy groups -OCH3 is 1. The van der Waals surface area contributed by atoms with E-state index in [1.54, 1.807) is 0 Å². The van der Waals surface area contributed by atoms with Crippen molar-refractivity contribution in [2.45, 2.75) is 72.2 Å². The quantitative estimate of drug-likeness (QED) is 0.410. The lowest BCUT2D eigenvalue weighted by Gasteiger charge is -2.38. The lowest BCUT2D eigenvalue weighted by molar-refractivity contribution is -0.149. The monoisotopic (exact) mass is 300 g/mol. The number of hydrogen-bond donors (Lipinski definition) is 0. The second kappa shape index (κ2) is 6.90. The van der Waals surface area contributed by atoms with Crippen LogP contribution in [-0.4, -0.2) is 27.5 Å². The largest absolute Gasteiger partial charge is 0.468 e. The Balaban J connectivity index is 4.88. The maximum atomic E-state index is 11.8. The first kappa shape index (κ1) is 19.4. The summed E-state index contributed by atoms with van der Waals surface area (Å²) < 4.78 is 11.1. The van der Waals surface area contributed by atoms with E-state index in [9.17, 15) is 4.79 Å². The zero-order chi connectivity index (χ0) is 16.2.